The topological polar surface area (TPSA) is 61.8 Å². The molecular weight excluding hydrogens is 368 g/mol. The van der Waals surface area contributed by atoms with Gasteiger partial charge in [-0.05, 0) is 68.4 Å². The van der Waals surface area contributed by atoms with E-state index in [0.717, 1.165) is 19.3 Å². The van der Waals surface area contributed by atoms with Crippen LogP contribution >= 0.6 is 11.6 Å². The quantitative estimate of drug-likeness (QED) is 0.675. The number of benzene rings is 1. The number of esters is 1. The molecule has 0 radical (unpaired) electrons. The number of ether oxygens (including phenoxy) is 3. The molecule has 4 fully saturated rings. The summed E-state index contributed by atoms with van der Waals surface area (Å²) in [5.41, 5.74) is -0.0134. The summed E-state index contributed by atoms with van der Waals surface area (Å²) in [5, 5.41) is 0.260. The van der Waals surface area contributed by atoms with Gasteiger partial charge in [-0.1, -0.05) is 11.6 Å². The van der Waals surface area contributed by atoms with Crippen molar-refractivity contribution in [2.75, 3.05) is 20.8 Å². The first kappa shape index (κ1) is 18.6. The molecule has 0 spiro atoms. The number of carbonyl (C=O) groups is 2. The first-order valence-corrected chi connectivity index (χ1v) is 9.94. The molecule has 0 aliphatic heterocycles. The smallest absolute Gasteiger partial charge is 0.338 e. The lowest BCUT2D eigenvalue weighted by molar-refractivity contribution is -0.147. The fourth-order valence-corrected chi connectivity index (χ4v) is 6.14. The maximum atomic E-state index is 13.0. The number of methoxy groups -OCH3 is 2. The third-order valence-corrected chi connectivity index (χ3v) is 6.91. The van der Waals surface area contributed by atoms with Crippen LogP contribution in [0.25, 0.3) is 0 Å². The number of halogens is 1. The van der Waals surface area contributed by atoms with Crippen molar-refractivity contribution < 1.29 is 23.8 Å². The lowest BCUT2D eigenvalue weighted by atomic mass is 9.48. The van der Waals surface area contributed by atoms with Crippen molar-refractivity contribution in [3.63, 3.8) is 0 Å². The van der Waals surface area contributed by atoms with Gasteiger partial charge in [0, 0.05) is 5.41 Å². The van der Waals surface area contributed by atoms with Crippen LogP contribution in [0.4, 0.5) is 0 Å². The molecule has 0 unspecified atom stereocenters. The molecule has 0 atom stereocenters. The van der Waals surface area contributed by atoms with Crippen molar-refractivity contribution >= 4 is 23.4 Å². The van der Waals surface area contributed by atoms with E-state index >= 15 is 0 Å². The van der Waals surface area contributed by atoms with E-state index in [9.17, 15) is 9.59 Å². The van der Waals surface area contributed by atoms with Gasteiger partial charge in [0.1, 0.15) is 0 Å². The van der Waals surface area contributed by atoms with Gasteiger partial charge in [0.05, 0.1) is 24.8 Å². The highest BCUT2D eigenvalue weighted by Gasteiger charge is 2.54. The molecule has 146 valence electrons. The van der Waals surface area contributed by atoms with Gasteiger partial charge >= 0.3 is 5.97 Å². The molecule has 0 amide bonds. The van der Waals surface area contributed by atoms with E-state index in [2.05, 4.69) is 0 Å². The van der Waals surface area contributed by atoms with Crippen LogP contribution in [0, 0.1) is 23.2 Å². The Hall–Kier alpha value is -1.75. The van der Waals surface area contributed by atoms with Gasteiger partial charge in [0.25, 0.3) is 0 Å². The van der Waals surface area contributed by atoms with E-state index in [1.165, 1.54) is 45.6 Å². The molecule has 0 N–H and O–H groups in total. The summed E-state index contributed by atoms with van der Waals surface area (Å²) in [6.07, 6.45) is 6.73. The van der Waals surface area contributed by atoms with Gasteiger partial charge < -0.3 is 14.2 Å². The Kier molecular flexibility index (Phi) is 4.83. The van der Waals surface area contributed by atoms with Crippen LogP contribution in [0.3, 0.4) is 0 Å². The molecule has 1 aromatic carbocycles. The fourth-order valence-electron chi connectivity index (χ4n) is 5.86. The van der Waals surface area contributed by atoms with Crippen molar-refractivity contribution in [2.45, 2.75) is 38.5 Å². The van der Waals surface area contributed by atoms with E-state index in [0.29, 0.717) is 29.3 Å². The highest BCUT2D eigenvalue weighted by molar-refractivity contribution is 6.32. The third-order valence-electron chi connectivity index (χ3n) is 6.63. The van der Waals surface area contributed by atoms with Crippen molar-refractivity contribution in [1.29, 1.82) is 0 Å². The Morgan fingerprint density at radius 2 is 1.63 bits per heavy atom. The second kappa shape index (κ2) is 7.01. The first-order valence-electron chi connectivity index (χ1n) is 9.56. The normalized spacial score (nSPS) is 30.9. The lowest BCUT2D eigenvalue weighted by Gasteiger charge is -2.55. The Labute approximate surface area is 164 Å². The monoisotopic (exact) mass is 392 g/mol. The van der Waals surface area contributed by atoms with Gasteiger partial charge in [0.15, 0.2) is 23.9 Å². The van der Waals surface area contributed by atoms with E-state index in [1.807, 2.05) is 0 Å². The SMILES string of the molecule is COc1cc(C(=O)OCC(=O)C23CC4CC(CC(C4)C2)C3)cc(Cl)c1OC. The molecule has 0 heterocycles. The highest BCUT2D eigenvalue weighted by Crippen LogP contribution is 2.60. The van der Waals surface area contributed by atoms with Crippen LogP contribution in [0.2, 0.25) is 5.02 Å². The number of Topliss-reactive ketones (excluding diaryl/α,β-unsaturated/α-hetero) is 1. The van der Waals surface area contributed by atoms with E-state index in [1.54, 1.807) is 0 Å². The third kappa shape index (κ3) is 3.31. The van der Waals surface area contributed by atoms with E-state index in [4.69, 9.17) is 25.8 Å². The van der Waals surface area contributed by atoms with Crippen molar-refractivity contribution in [2.24, 2.45) is 23.2 Å². The summed E-state index contributed by atoms with van der Waals surface area (Å²) in [6, 6.07) is 2.99. The molecule has 27 heavy (non-hydrogen) atoms. The second-order valence-electron chi connectivity index (χ2n) is 8.39. The van der Waals surface area contributed by atoms with Gasteiger partial charge in [-0.2, -0.15) is 0 Å². The maximum Gasteiger partial charge on any atom is 0.338 e. The fraction of sp³-hybridized carbons (Fsp3) is 0.619. The highest BCUT2D eigenvalue weighted by atomic mass is 35.5. The summed E-state index contributed by atoms with van der Waals surface area (Å²) >= 11 is 6.15. The maximum absolute atomic E-state index is 13.0. The van der Waals surface area contributed by atoms with Crippen LogP contribution < -0.4 is 9.47 Å². The molecule has 4 aliphatic carbocycles. The largest absolute Gasteiger partial charge is 0.493 e. The minimum Gasteiger partial charge on any atom is -0.493 e. The molecule has 1 aromatic rings. The van der Waals surface area contributed by atoms with Crippen LogP contribution in [-0.2, 0) is 9.53 Å². The van der Waals surface area contributed by atoms with E-state index in [-0.39, 0.29) is 28.4 Å². The molecule has 4 saturated carbocycles. The Bertz CT molecular complexity index is 737. The zero-order valence-electron chi connectivity index (χ0n) is 15.8. The predicted octanol–water partition coefficient (Wildman–Crippen LogP) is 4.30. The van der Waals surface area contributed by atoms with Crippen molar-refractivity contribution in [1.82, 2.24) is 0 Å². The number of carbonyl (C=O) groups excluding carboxylic acids is 2. The number of rotatable bonds is 6. The second-order valence-corrected chi connectivity index (χ2v) is 8.80. The van der Waals surface area contributed by atoms with Gasteiger partial charge in [-0.25, -0.2) is 4.79 Å². The standard InChI is InChI=1S/C21H25ClO5/c1-25-17-7-15(6-16(22)19(17)26-2)20(24)27-11-18(23)21-8-12-3-13(9-21)5-14(4-12)10-21/h6-7,12-14H,3-5,8-11H2,1-2H3. The zero-order valence-corrected chi connectivity index (χ0v) is 16.5. The zero-order chi connectivity index (χ0) is 19.2. The Balaban J connectivity index is 1.44. The average Bonchev–Trinajstić information content (AvgIpc) is 2.63. The van der Waals surface area contributed by atoms with Crippen LogP contribution in [0.15, 0.2) is 12.1 Å². The predicted molar refractivity (Wildman–Crippen MR) is 100 cm³/mol. The molecule has 0 aromatic heterocycles. The Morgan fingerprint density at radius 1 is 1.04 bits per heavy atom. The van der Waals surface area contributed by atoms with Crippen molar-refractivity contribution in [3.05, 3.63) is 22.7 Å². The number of hydrogen-bond acceptors (Lipinski definition) is 5. The minimum atomic E-state index is -0.573. The van der Waals surface area contributed by atoms with Crippen LogP contribution in [0.1, 0.15) is 48.9 Å². The minimum absolute atomic E-state index is 0.0847. The summed E-state index contributed by atoms with van der Waals surface area (Å²) in [7, 11) is 2.95. The molecule has 5 nitrogen and oxygen atoms in total. The molecule has 0 saturated heterocycles. The molecule has 5 rings (SSSR count). The summed E-state index contributed by atoms with van der Waals surface area (Å²) < 4.78 is 15.8. The summed E-state index contributed by atoms with van der Waals surface area (Å²) in [6.45, 7) is -0.170. The van der Waals surface area contributed by atoms with Gasteiger partial charge in [-0.15, -0.1) is 0 Å². The number of hydrogen-bond donors (Lipinski definition) is 0. The molecular formula is C21H25ClO5. The molecule has 4 bridgehead atoms. The van der Waals surface area contributed by atoms with Crippen molar-refractivity contribution in [3.8, 4) is 11.5 Å². The van der Waals surface area contributed by atoms with Gasteiger partial charge in [-0.3, -0.25) is 4.79 Å². The summed E-state index contributed by atoms with van der Waals surface area (Å²) in [4.78, 5) is 25.4. The Morgan fingerprint density at radius 3 is 2.15 bits per heavy atom. The average molecular weight is 393 g/mol. The molecule has 4 aliphatic rings. The molecule has 6 heteroatoms. The first-order chi connectivity index (χ1) is 12.9. The lowest BCUT2D eigenvalue weighted by Crippen LogP contribution is -2.51. The van der Waals surface area contributed by atoms with E-state index < -0.39 is 5.97 Å². The van der Waals surface area contributed by atoms with Gasteiger partial charge in [0.2, 0.25) is 0 Å². The van der Waals surface area contributed by atoms with Crippen LogP contribution in [-0.4, -0.2) is 32.6 Å². The summed E-state index contributed by atoms with van der Waals surface area (Å²) in [5.74, 6) is 2.27. The number of ketones is 1. The van der Waals surface area contributed by atoms with Crippen LogP contribution in [0.5, 0.6) is 11.5 Å².